The number of benzene rings is 1. The van der Waals surface area contributed by atoms with E-state index in [1.807, 2.05) is 43.0 Å². The molecule has 0 saturated carbocycles. The van der Waals surface area contributed by atoms with Crippen LogP contribution in [0.15, 0.2) is 24.3 Å². The summed E-state index contributed by atoms with van der Waals surface area (Å²) in [7, 11) is 0. The molecule has 0 radical (unpaired) electrons. The second kappa shape index (κ2) is 6.61. The summed E-state index contributed by atoms with van der Waals surface area (Å²) < 4.78 is 0. The van der Waals surface area contributed by atoms with Crippen molar-refractivity contribution in [2.75, 3.05) is 31.5 Å². The number of carbonyl (C=O) groups is 2. The number of nitrogens with zero attached hydrogens (tertiary/aromatic N) is 2. The lowest BCUT2D eigenvalue weighted by Gasteiger charge is -2.34. The predicted molar refractivity (Wildman–Crippen MR) is 83.4 cm³/mol. The molecule has 5 heteroatoms. The molecule has 2 rings (SSSR count). The molecule has 1 aliphatic rings. The quantitative estimate of drug-likeness (QED) is 0.923. The summed E-state index contributed by atoms with van der Waals surface area (Å²) in [6, 6.07) is 7.86. The van der Waals surface area contributed by atoms with E-state index in [0.29, 0.717) is 31.7 Å². The van der Waals surface area contributed by atoms with Gasteiger partial charge in [-0.15, -0.1) is 0 Å². The van der Waals surface area contributed by atoms with Gasteiger partial charge in [0.15, 0.2) is 0 Å². The van der Waals surface area contributed by atoms with Crippen LogP contribution >= 0.6 is 0 Å². The molecule has 1 aromatic carbocycles. The van der Waals surface area contributed by atoms with E-state index in [9.17, 15) is 9.59 Å². The highest BCUT2D eigenvalue weighted by atomic mass is 16.2. The van der Waals surface area contributed by atoms with E-state index in [2.05, 4.69) is 5.32 Å². The van der Waals surface area contributed by atoms with Gasteiger partial charge in [-0.25, -0.2) is 0 Å². The van der Waals surface area contributed by atoms with E-state index < -0.39 is 0 Å². The molecule has 5 nitrogen and oxygen atoms in total. The van der Waals surface area contributed by atoms with Gasteiger partial charge in [-0.05, 0) is 26.0 Å². The van der Waals surface area contributed by atoms with Crippen molar-refractivity contribution in [2.45, 2.75) is 26.8 Å². The highest BCUT2D eigenvalue weighted by Gasteiger charge is 2.24. The van der Waals surface area contributed by atoms with Crippen molar-refractivity contribution in [1.82, 2.24) is 9.80 Å². The third kappa shape index (κ3) is 3.74. The molecule has 1 heterocycles. The summed E-state index contributed by atoms with van der Waals surface area (Å²) in [6.45, 7) is 8.07. The van der Waals surface area contributed by atoms with Crippen molar-refractivity contribution >= 4 is 17.5 Å². The highest BCUT2D eigenvalue weighted by molar-refractivity contribution is 5.99. The summed E-state index contributed by atoms with van der Waals surface area (Å²) in [6.07, 6.45) is 0. The van der Waals surface area contributed by atoms with Gasteiger partial charge in [0.1, 0.15) is 0 Å². The molecule has 0 bridgehead atoms. The zero-order valence-electron chi connectivity index (χ0n) is 12.9. The first kappa shape index (κ1) is 15.4. The first-order valence-corrected chi connectivity index (χ1v) is 7.39. The molecule has 0 aliphatic carbocycles. The summed E-state index contributed by atoms with van der Waals surface area (Å²) in [5.74, 6) is 0.103. The van der Waals surface area contributed by atoms with E-state index in [0.717, 1.165) is 5.69 Å². The van der Waals surface area contributed by atoms with Crippen LogP contribution < -0.4 is 5.32 Å². The van der Waals surface area contributed by atoms with Crippen LogP contribution in [0.3, 0.4) is 0 Å². The predicted octanol–water partition coefficient (Wildman–Crippen LogP) is 1.81. The minimum Gasteiger partial charge on any atom is -0.382 e. The molecular formula is C16H23N3O2. The normalized spacial score (nSPS) is 15.2. The van der Waals surface area contributed by atoms with Gasteiger partial charge in [0, 0.05) is 44.8 Å². The number of carbonyl (C=O) groups excluding carboxylic acids is 2. The molecule has 1 N–H and O–H groups in total. The van der Waals surface area contributed by atoms with E-state index in [1.165, 1.54) is 0 Å². The minimum atomic E-state index is 0.0296. The number of hydrogen-bond donors (Lipinski definition) is 1. The van der Waals surface area contributed by atoms with Gasteiger partial charge < -0.3 is 15.1 Å². The summed E-state index contributed by atoms with van der Waals surface area (Å²) in [4.78, 5) is 27.6. The average molecular weight is 289 g/mol. The maximum atomic E-state index is 12.7. The molecule has 2 amide bonds. The van der Waals surface area contributed by atoms with Crippen molar-refractivity contribution in [3.05, 3.63) is 29.8 Å². The fourth-order valence-corrected chi connectivity index (χ4v) is 2.50. The van der Waals surface area contributed by atoms with Crippen LogP contribution in [0.4, 0.5) is 5.69 Å². The van der Waals surface area contributed by atoms with Gasteiger partial charge >= 0.3 is 0 Å². The number of nitrogens with one attached hydrogen (secondary N) is 1. The van der Waals surface area contributed by atoms with Crippen LogP contribution in [0.5, 0.6) is 0 Å². The Hall–Kier alpha value is -2.04. The van der Waals surface area contributed by atoms with E-state index in [-0.39, 0.29) is 17.9 Å². The van der Waals surface area contributed by atoms with Crippen LogP contribution in [0, 0.1) is 0 Å². The third-order valence-electron chi connectivity index (χ3n) is 3.61. The van der Waals surface area contributed by atoms with Crippen LogP contribution in [0.1, 0.15) is 31.1 Å². The fourth-order valence-electron chi connectivity index (χ4n) is 2.50. The number of anilines is 1. The van der Waals surface area contributed by atoms with Crippen LogP contribution in [-0.4, -0.2) is 53.8 Å². The monoisotopic (exact) mass is 289 g/mol. The smallest absolute Gasteiger partial charge is 0.256 e. The van der Waals surface area contributed by atoms with Crippen LogP contribution in [0.25, 0.3) is 0 Å². The van der Waals surface area contributed by atoms with Crippen molar-refractivity contribution in [3.8, 4) is 0 Å². The first-order chi connectivity index (χ1) is 9.99. The Labute approximate surface area is 125 Å². The topological polar surface area (TPSA) is 52.7 Å². The molecule has 114 valence electrons. The van der Waals surface area contributed by atoms with Crippen molar-refractivity contribution in [3.63, 3.8) is 0 Å². The lowest BCUT2D eigenvalue weighted by Crippen LogP contribution is -2.50. The first-order valence-electron chi connectivity index (χ1n) is 7.39. The molecule has 1 saturated heterocycles. The number of rotatable bonds is 3. The lowest BCUT2D eigenvalue weighted by atomic mass is 10.1. The maximum absolute atomic E-state index is 12.7. The van der Waals surface area contributed by atoms with Gasteiger partial charge in [0.2, 0.25) is 5.91 Å². The standard InChI is InChI=1S/C16H23N3O2/c1-12(2)17-15-7-5-4-6-14(15)16(21)19-10-8-18(9-11-19)13(3)20/h4-7,12,17H,8-11H2,1-3H3. The van der Waals surface area contributed by atoms with Crippen LogP contribution in [-0.2, 0) is 4.79 Å². The zero-order chi connectivity index (χ0) is 15.4. The van der Waals surface area contributed by atoms with Gasteiger partial charge in [0.05, 0.1) is 5.56 Å². The van der Waals surface area contributed by atoms with Crippen molar-refractivity contribution < 1.29 is 9.59 Å². The number of hydrogen-bond acceptors (Lipinski definition) is 3. The fraction of sp³-hybridized carbons (Fsp3) is 0.500. The second-order valence-electron chi connectivity index (χ2n) is 5.64. The second-order valence-corrected chi connectivity index (χ2v) is 5.64. The molecule has 0 aromatic heterocycles. The molecule has 1 aliphatic heterocycles. The molecule has 0 unspecified atom stereocenters. The molecule has 0 atom stereocenters. The van der Waals surface area contributed by atoms with E-state index >= 15 is 0 Å². The average Bonchev–Trinajstić information content (AvgIpc) is 2.46. The summed E-state index contributed by atoms with van der Waals surface area (Å²) >= 11 is 0. The third-order valence-corrected chi connectivity index (χ3v) is 3.61. The van der Waals surface area contributed by atoms with Crippen molar-refractivity contribution in [1.29, 1.82) is 0 Å². The number of para-hydroxylation sites is 1. The molecule has 21 heavy (non-hydrogen) atoms. The largest absolute Gasteiger partial charge is 0.382 e. The molecular weight excluding hydrogens is 266 g/mol. The van der Waals surface area contributed by atoms with Gasteiger partial charge in [0.25, 0.3) is 5.91 Å². The molecule has 1 fully saturated rings. The lowest BCUT2D eigenvalue weighted by molar-refractivity contribution is -0.130. The van der Waals surface area contributed by atoms with Crippen molar-refractivity contribution in [2.24, 2.45) is 0 Å². The Kier molecular flexibility index (Phi) is 4.83. The van der Waals surface area contributed by atoms with Gasteiger partial charge in [-0.3, -0.25) is 9.59 Å². The Morgan fingerprint density at radius 2 is 1.62 bits per heavy atom. The Morgan fingerprint density at radius 3 is 2.19 bits per heavy atom. The number of amides is 2. The summed E-state index contributed by atoms with van der Waals surface area (Å²) in [5.41, 5.74) is 1.56. The van der Waals surface area contributed by atoms with E-state index in [1.54, 1.807) is 11.8 Å². The number of piperazine rings is 1. The highest BCUT2D eigenvalue weighted by Crippen LogP contribution is 2.19. The Balaban J connectivity index is 2.09. The Bertz CT molecular complexity index is 520. The van der Waals surface area contributed by atoms with Gasteiger partial charge in [-0.1, -0.05) is 12.1 Å². The Morgan fingerprint density at radius 1 is 1.05 bits per heavy atom. The minimum absolute atomic E-state index is 0.0296. The molecule has 1 aromatic rings. The molecule has 0 spiro atoms. The van der Waals surface area contributed by atoms with Crippen LogP contribution in [0.2, 0.25) is 0 Å². The summed E-state index contributed by atoms with van der Waals surface area (Å²) in [5, 5.41) is 3.31. The van der Waals surface area contributed by atoms with E-state index in [4.69, 9.17) is 0 Å². The zero-order valence-corrected chi connectivity index (χ0v) is 12.9. The maximum Gasteiger partial charge on any atom is 0.256 e. The SMILES string of the molecule is CC(=O)N1CCN(C(=O)c2ccccc2NC(C)C)CC1. The van der Waals surface area contributed by atoms with Gasteiger partial charge in [-0.2, -0.15) is 0 Å².